The molecule has 0 spiro atoms. The van der Waals surface area contributed by atoms with Crippen LogP contribution >= 0.6 is 0 Å². The van der Waals surface area contributed by atoms with Gasteiger partial charge in [0.25, 0.3) is 0 Å². The molecule has 0 radical (unpaired) electrons. The Morgan fingerprint density at radius 1 is 1.19 bits per heavy atom. The Labute approximate surface area is 96.3 Å². The Bertz CT molecular complexity index is 433. The highest BCUT2D eigenvalue weighted by Crippen LogP contribution is 2.14. The van der Waals surface area contributed by atoms with Crippen LogP contribution in [0.5, 0.6) is 0 Å². The van der Waals surface area contributed by atoms with Gasteiger partial charge in [-0.15, -0.1) is 0 Å². The van der Waals surface area contributed by atoms with Gasteiger partial charge in [-0.25, -0.2) is 0 Å². The first-order valence-electron chi connectivity index (χ1n) is 5.58. The van der Waals surface area contributed by atoms with Crippen molar-refractivity contribution in [2.75, 3.05) is 0 Å². The number of benzene rings is 1. The van der Waals surface area contributed by atoms with Crippen molar-refractivity contribution in [3.63, 3.8) is 0 Å². The molecule has 0 saturated heterocycles. The maximum Gasteiger partial charge on any atom is 0.120 e. The molecule has 2 rings (SSSR count). The molecule has 0 aliphatic carbocycles. The van der Waals surface area contributed by atoms with Crippen molar-refractivity contribution in [2.45, 2.75) is 26.4 Å². The van der Waals surface area contributed by atoms with Crippen LogP contribution in [-0.4, -0.2) is 0 Å². The monoisotopic (exact) mass is 215 g/mol. The highest BCUT2D eigenvalue weighted by Gasteiger charge is 2.06. The lowest BCUT2D eigenvalue weighted by Gasteiger charge is -2.13. The van der Waals surface area contributed by atoms with Gasteiger partial charge in [0, 0.05) is 6.04 Å². The quantitative estimate of drug-likeness (QED) is 0.845. The zero-order chi connectivity index (χ0) is 11.4. The van der Waals surface area contributed by atoms with E-state index in [0.717, 1.165) is 12.3 Å². The molecule has 16 heavy (non-hydrogen) atoms. The SMILES string of the molecule is Cc1ccoc1CN[C@@H](C)c1ccccc1. The third kappa shape index (κ3) is 2.52. The van der Waals surface area contributed by atoms with Crippen molar-refractivity contribution < 1.29 is 4.42 Å². The summed E-state index contributed by atoms with van der Waals surface area (Å²) in [5.41, 5.74) is 2.50. The molecule has 0 saturated carbocycles. The summed E-state index contributed by atoms with van der Waals surface area (Å²) in [5, 5.41) is 3.45. The average Bonchev–Trinajstić information content (AvgIpc) is 2.73. The molecule has 1 N–H and O–H groups in total. The van der Waals surface area contributed by atoms with Crippen molar-refractivity contribution in [1.29, 1.82) is 0 Å². The van der Waals surface area contributed by atoms with E-state index in [4.69, 9.17) is 4.42 Å². The summed E-state index contributed by atoms with van der Waals surface area (Å²) in [6.45, 7) is 5.00. The lowest BCUT2D eigenvalue weighted by atomic mass is 10.1. The van der Waals surface area contributed by atoms with Crippen LogP contribution in [0.15, 0.2) is 47.1 Å². The number of hydrogen-bond acceptors (Lipinski definition) is 2. The van der Waals surface area contributed by atoms with Crippen LogP contribution in [0.3, 0.4) is 0 Å². The van der Waals surface area contributed by atoms with E-state index in [2.05, 4.69) is 43.4 Å². The molecule has 84 valence electrons. The minimum atomic E-state index is 0.339. The van der Waals surface area contributed by atoms with E-state index in [1.54, 1.807) is 6.26 Å². The fourth-order valence-electron chi connectivity index (χ4n) is 1.69. The summed E-state index contributed by atoms with van der Waals surface area (Å²) < 4.78 is 5.39. The third-order valence-electron chi connectivity index (χ3n) is 2.84. The third-order valence-corrected chi connectivity index (χ3v) is 2.84. The number of hydrogen-bond donors (Lipinski definition) is 1. The predicted molar refractivity (Wildman–Crippen MR) is 65.1 cm³/mol. The zero-order valence-corrected chi connectivity index (χ0v) is 9.73. The van der Waals surface area contributed by atoms with Crippen LogP contribution in [0, 0.1) is 6.92 Å². The minimum Gasteiger partial charge on any atom is -0.468 e. The summed E-state index contributed by atoms with van der Waals surface area (Å²) in [6.07, 6.45) is 1.74. The largest absolute Gasteiger partial charge is 0.468 e. The molecule has 0 bridgehead atoms. The number of furan rings is 1. The van der Waals surface area contributed by atoms with Gasteiger partial charge in [0.05, 0.1) is 12.8 Å². The van der Waals surface area contributed by atoms with E-state index in [1.807, 2.05) is 12.1 Å². The Morgan fingerprint density at radius 3 is 2.56 bits per heavy atom. The molecule has 2 heteroatoms. The van der Waals surface area contributed by atoms with Crippen molar-refractivity contribution in [2.24, 2.45) is 0 Å². The van der Waals surface area contributed by atoms with Gasteiger partial charge < -0.3 is 9.73 Å². The molecule has 0 unspecified atom stereocenters. The maximum atomic E-state index is 5.39. The highest BCUT2D eigenvalue weighted by atomic mass is 16.3. The lowest BCUT2D eigenvalue weighted by Crippen LogP contribution is -2.18. The Morgan fingerprint density at radius 2 is 1.94 bits per heavy atom. The fourth-order valence-corrected chi connectivity index (χ4v) is 1.69. The molecule has 0 fully saturated rings. The van der Waals surface area contributed by atoms with Gasteiger partial charge in [-0.2, -0.15) is 0 Å². The molecule has 0 amide bonds. The van der Waals surface area contributed by atoms with Crippen LogP contribution in [0.1, 0.15) is 29.9 Å². The van der Waals surface area contributed by atoms with Crippen LogP contribution in [0.2, 0.25) is 0 Å². The lowest BCUT2D eigenvalue weighted by molar-refractivity contribution is 0.458. The molecule has 1 atom stereocenters. The van der Waals surface area contributed by atoms with Crippen LogP contribution < -0.4 is 5.32 Å². The van der Waals surface area contributed by atoms with E-state index >= 15 is 0 Å². The van der Waals surface area contributed by atoms with Gasteiger partial charge in [-0.05, 0) is 31.0 Å². The standard InChI is InChI=1S/C14H17NO/c1-11-8-9-16-14(11)10-15-12(2)13-6-4-3-5-7-13/h3-9,12,15H,10H2,1-2H3/t12-/m0/s1. The van der Waals surface area contributed by atoms with E-state index in [1.165, 1.54) is 11.1 Å². The van der Waals surface area contributed by atoms with Crippen molar-refractivity contribution in [3.8, 4) is 0 Å². The predicted octanol–water partition coefficient (Wildman–Crippen LogP) is 3.44. The van der Waals surface area contributed by atoms with Gasteiger partial charge in [0.1, 0.15) is 5.76 Å². The number of rotatable bonds is 4. The molecule has 2 aromatic rings. The fraction of sp³-hybridized carbons (Fsp3) is 0.286. The highest BCUT2D eigenvalue weighted by molar-refractivity contribution is 5.19. The summed E-state index contributed by atoms with van der Waals surface area (Å²) in [6, 6.07) is 12.7. The second-order valence-electron chi connectivity index (χ2n) is 4.04. The van der Waals surface area contributed by atoms with Crippen molar-refractivity contribution in [3.05, 3.63) is 59.5 Å². The van der Waals surface area contributed by atoms with Crippen LogP contribution in [0.25, 0.3) is 0 Å². The minimum absolute atomic E-state index is 0.339. The Kier molecular flexibility index (Phi) is 3.42. The molecular formula is C14H17NO. The topological polar surface area (TPSA) is 25.2 Å². The van der Waals surface area contributed by atoms with E-state index < -0.39 is 0 Å². The van der Waals surface area contributed by atoms with Gasteiger partial charge in [0.15, 0.2) is 0 Å². The Hall–Kier alpha value is -1.54. The molecule has 0 aliphatic rings. The van der Waals surface area contributed by atoms with Gasteiger partial charge in [-0.1, -0.05) is 30.3 Å². The first-order chi connectivity index (χ1) is 7.77. The summed E-state index contributed by atoms with van der Waals surface area (Å²) in [7, 11) is 0. The average molecular weight is 215 g/mol. The van der Waals surface area contributed by atoms with E-state index in [9.17, 15) is 0 Å². The van der Waals surface area contributed by atoms with E-state index in [0.29, 0.717) is 6.04 Å². The molecule has 1 aromatic heterocycles. The van der Waals surface area contributed by atoms with Gasteiger partial charge in [-0.3, -0.25) is 0 Å². The van der Waals surface area contributed by atoms with E-state index in [-0.39, 0.29) is 0 Å². The Balaban J connectivity index is 1.94. The smallest absolute Gasteiger partial charge is 0.120 e. The summed E-state index contributed by atoms with van der Waals surface area (Å²) >= 11 is 0. The maximum absolute atomic E-state index is 5.39. The first-order valence-corrected chi connectivity index (χ1v) is 5.58. The summed E-state index contributed by atoms with van der Waals surface area (Å²) in [4.78, 5) is 0. The normalized spacial score (nSPS) is 12.6. The molecule has 2 nitrogen and oxygen atoms in total. The van der Waals surface area contributed by atoms with Gasteiger partial charge in [0.2, 0.25) is 0 Å². The van der Waals surface area contributed by atoms with Crippen molar-refractivity contribution >= 4 is 0 Å². The summed E-state index contributed by atoms with van der Waals surface area (Å²) in [5.74, 6) is 1.02. The molecule has 0 aliphatic heterocycles. The number of aryl methyl sites for hydroxylation is 1. The van der Waals surface area contributed by atoms with Gasteiger partial charge >= 0.3 is 0 Å². The molecule has 1 aromatic carbocycles. The molecule has 1 heterocycles. The van der Waals surface area contributed by atoms with Crippen LogP contribution in [-0.2, 0) is 6.54 Å². The first kappa shape index (κ1) is 11.0. The number of nitrogens with one attached hydrogen (secondary N) is 1. The van der Waals surface area contributed by atoms with Crippen LogP contribution in [0.4, 0.5) is 0 Å². The molecular weight excluding hydrogens is 198 g/mol. The van der Waals surface area contributed by atoms with Crippen molar-refractivity contribution in [1.82, 2.24) is 5.32 Å². The second-order valence-corrected chi connectivity index (χ2v) is 4.04. The second kappa shape index (κ2) is 4.99. The zero-order valence-electron chi connectivity index (χ0n) is 9.73.